The van der Waals surface area contributed by atoms with Gasteiger partial charge in [-0.1, -0.05) is 12.2 Å². The predicted octanol–water partition coefficient (Wildman–Crippen LogP) is 2.94. The Kier molecular flexibility index (Phi) is 5.04. The Hall–Kier alpha value is -2.87. The van der Waals surface area contributed by atoms with Crippen molar-refractivity contribution in [1.29, 1.82) is 0 Å². The predicted molar refractivity (Wildman–Crippen MR) is 99.4 cm³/mol. The van der Waals surface area contributed by atoms with Crippen molar-refractivity contribution in [2.24, 2.45) is 11.8 Å². The highest BCUT2D eigenvalue weighted by molar-refractivity contribution is 7.13. The highest BCUT2D eigenvalue weighted by atomic mass is 32.1. The third-order valence-corrected chi connectivity index (χ3v) is 5.85. The molecule has 1 saturated heterocycles. The number of carbonyl (C=O) groups excluding carboxylic acids is 3. The van der Waals surface area contributed by atoms with E-state index in [1.165, 1.54) is 23.5 Å². The summed E-state index contributed by atoms with van der Waals surface area (Å²) in [5, 5.41) is 2.44. The van der Waals surface area contributed by atoms with Crippen LogP contribution in [0.1, 0.15) is 18.5 Å². The average Bonchev–Trinajstić information content (AvgIpc) is 3.27. The summed E-state index contributed by atoms with van der Waals surface area (Å²) in [4.78, 5) is 42.2. The average molecular weight is 400 g/mol. The molecule has 2 aromatic rings. The van der Waals surface area contributed by atoms with Gasteiger partial charge in [0.05, 0.1) is 17.5 Å². The van der Waals surface area contributed by atoms with E-state index in [1.807, 2.05) is 12.2 Å². The number of halogens is 1. The number of imide groups is 1. The minimum atomic E-state index is -0.648. The number of fused-ring (bicyclic) bond motifs is 1. The van der Waals surface area contributed by atoms with E-state index in [4.69, 9.17) is 4.74 Å². The van der Waals surface area contributed by atoms with E-state index >= 15 is 0 Å². The Labute approximate surface area is 164 Å². The van der Waals surface area contributed by atoms with Crippen LogP contribution in [0, 0.1) is 17.7 Å². The van der Waals surface area contributed by atoms with Gasteiger partial charge in [-0.3, -0.25) is 19.3 Å². The molecule has 0 radical (unpaired) electrons. The van der Waals surface area contributed by atoms with Gasteiger partial charge >= 0.3 is 5.97 Å². The number of thiazole rings is 1. The van der Waals surface area contributed by atoms with Crippen molar-refractivity contribution in [2.75, 3.05) is 6.54 Å². The first-order valence-electron chi connectivity index (χ1n) is 8.89. The van der Waals surface area contributed by atoms with Crippen LogP contribution >= 0.6 is 11.3 Å². The van der Waals surface area contributed by atoms with E-state index in [1.54, 1.807) is 17.5 Å². The fourth-order valence-electron chi connectivity index (χ4n) is 3.45. The molecule has 1 aliphatic heterocycles. The number of ether oxygens (including phenoxy) is 1. The molecule has 2 aliphatic rings. The molecule has 8 heteroatoms. The number of rotatable bonds is 5. The second kappa shape index (κ2) is 7.63. The van der Waals surface area contributed by atoms with Gasteiger partial charge in [-0.25, -0.2) is 9.37 Å². The molecule has 2 atom stereocenters. The molecular formula is C20H17FN2O4S. The van der Waals surface area contributed by atoms with Crippen LogP contribution < -0.4 is 0 Å². The normalized spacial score (nSPS) is 21.1. The van der Waals surface area contributed by atoms with Crippen LogP contribution in [-0.2, 0) is 25.7 Å². The Morgan fingerprint density at radius 1 is 1.14 bits per heavy atom. The Balaban J connectivity index is 1.33. The van der Waals surface area contributed by atoms with Gasteiger partial charge < -0.3 is 4.74 Å². The molecule has 6 nitrogen and oxygen atoms in total. The fourth-order valence-corrected chi connectivity index (χ4v) is 4.26. The van der Waals surface area contributed by atoms with Gasteiger partial charge in [-0.15, -0.1) is 11.3 Å². The Morgan fingerprint density at radius 2 is 1.79 bits per heavy atom. The summed E-state index contributed by atoms with van der Waals surface area (Å²) in [5.41, 5.74) is 1.32. The second-order valence-electron chi connectivity index (χ2n) is 6.73. The molecule has 2 heterocycles. The molecule has 2 unspecified atom stereocenters. The number of esters is 1. The SMILES string of the molecule is O=C(CN1C(=O)C2CC=CCC2C1=O)OCc1csc(-c2ccc(F)cc2)n1. The van der Waals surface area contributed by atoms with Crippen LogP contribution in [0.15, 0.2) is 41.8 Å². The molecule has 1 fully saturated rings. The Morgan fingerprint density at radius 3 is 2.43 bits per heavy atom. The van der Waals surface area contributed by atoms with Crippen LogP contribution in [0.25, 0.3) is 10.6 Å². The molecular weight excluding hydrogens is 383 g/mol. The van der Waals surface area contributed by atoms with Crippen LogP contribution in [0.2, 0.25) is 0 Å². The molecule has 2 amide bonds. The lowest BCUT2D eigenvalue weighted by Gasteiger charge is -2.14. The van der Waals surface area contributed by atoms with Gasteiger partial charge in [0.25, 0.3) is 0 Å². The monoisotopic (exact) mass is 400 g/mol. The van der Waals surface area contributed by atoms with E-state index in [-0.39, 0.29) is 42.6 Å². The quantitative estimate of drug-likeness (QED) is 0.438. The molecule has 144 valence electrons. The first-order chi connectivity index (χ1) is 13.5. The molecule has 0 N–H and O–H groups in total. The summed E-state index contributed by atoms with van der Waals surface area (Å²) in [6.45, 7) is -0.430. The van der Waals surface area contributed by atoms with E-state index in [2.05, 4.69) is 4.98 Å². The van der Waals surface area contributed by atoms with Gasteiger partial charge in [0.15, 0.2) is 0 Å². The maximum absolute atomic E-state index is 13.0. The molecule has 28 heavy (non-hydrogen) atoms. The van der Waals surface area contributed by atoms with Crippen LogP contribution in [-0.4, -0.2) is 34.2 Å². The van der Waals surface area contributed by atoms with Gasteiger partial charge in [0, 0.05) is 10.9 Å². The van der Waals surface area contributed by atoms with Crippen molar-refractivity contribution < 1.29 is 23.5 Å². The minimum Gasteiger partial charge on any atom is -0.458 e. The lowest BCUT2D eigenvalue weighted by Crippen LogP contribution is -2.36. The molecule has 0 bridgehead atoms. The maximum atomic E-state index is 13.0. The van der Waals surface area contributed by atoms with Crippen molar-refractivity contribution in [3.05, 3.63) is 53.3 Å². The van der Waals surface area contributed by atoms with Crippen molar-refractivity contribution in [3.63, 3.8) is 0 Å². The topological polar surface area (TPSA) is 76.6 Å². The van der Waals surface area contributed by atoms with E-state index in [0.717, 1.165) is 10.5 Å². The third kappa shape index (κ3) is 3.60. The number of likely N-dealkylation sites (tertiary alicyclic amines) is 1. The smallest absolute Gasteiger partial charge is 0.326 e. The molecule has 1 aliphatic carbocycles. The van der Waals surface area contributed by atoms with Crippen LogP contribution in [0.3, 0.4) is 0 Å². The highest BCUT2D eigenvalue weighted by Crippen LogP contribution is 2.34. The fraction of sp³-hybridized carbons (Fsp3) is 0.300. The second-order valence-corrected chi connectivity index (χ2v) is 7.59. The highest BCUT2D eigenvalue weighted by Gasteiger charge is 2.47. The minimum absolute atomic E-state index is 0.0544. The number of benzene rings is 1. The molecule has 0 spiro atoms. The van der Waals surface area contributed by atoms with Crippen molar-refractivity contribution >= 4 is 29.1 Å². The van der Waals surface area contributed by atoms with Crippen molar-refractivity contribution in [3.8, 4) is 10.6 Å². The summed E-state index contributed by atoms with van der Waals surface area (Å²) < 4.78 is 18.2. The lowest BCUT2D eigenvalue weighted by molar-refractivity contribution is -0.153. The third-order valence-electron chi connectivity index (χ3n) is 4.91. The summed E-state index contributed by atoms with van der Waals surface area (Å²) in [6.07, 6.45) is 4.86. The van der Waals surface area contributed by atoms with E-state index < -0.39 is 5.97 Å². The van der Waals surface area contributed by atoms with E-state index in [0.29, 0.717) is 23.5 Å². The lowest BCUT2D eigenvalue weighted by atomic mass is 9.85. The number of nitrogens with zero attached hydrogens (tertiary/aromatic N) is 2. The summed E-state index contributed by atoms with van der Waals surface area (Å²) in [6, 6.07) is 5.97. The van der Waals surface area contributed by atoms with Gasteiger partial charge in [0.1, 0.15) is 24.0 Å². The number of hydrogen-bond acceptors (Lipinski definition) is 6. The summed E-state index contributed by atoms with van der Waals surface area (Å²) >= 11 is 1.36. The van der Waals surface area contributed by atoms with Gasteiger partial charge in [0.2, 0.25) is 11.8 Å². The zero-order valence-corrected chi connectivity index (χ0v) is 15.7. The zero-order chi connectivity index (χ0) is 19.7. The number of amides is 2. The number of aromatic nitrogens is 1. The molecule has 1 aromatic heterocycles. The van der Waals surface area contributed by atoms with Crippen LogP contribution in [0.4, 0.5) is 4.39 Å². The van der Waals surface area contributed by atoms with Gasteiger partial charge in [-0.05, 0) is 37.1 Å². The van der Waals surface area contributed by atoms with E-state index in [9.17, 15) is 18.8 Å². The zero-order valence-electron chi connectivity index (χ0n) is 14.8. The maximum Gasteiger partial charge on any atom is 0.326 e. The largest absolute Gasteiger partial charge is 0.458 e. The number of allylic oxidation sites excluding steroid dienone is 2. The van der Waals surface area contributed by atoms with Gasteiger partial charge in [-0.2, -0.15) is 0 Å². The first kappa shape index (κ1) is 18.5. The summed E-state index contributed by atoms with van der Waals surface area (Å²) in [7, 11) is 0. The van der Waals surface area contributed by atoms with Crippen molar-refractivity contribution in [2.45, 2.75) is 19.4 Å². The first-order valence-corrected chi connectivity index (χ1v) is 9.77. The van der Waals surface area contributed by atoms with Crippen molar-refractivity contribution in [1.82, 2.24) is 9.88 Å². The van der Waals surface area contributed by atoms with Crippen LogP contribution in [0.5, 0.6) is 0 Å². The number of hydrogen-bond donors (Lipinski definition) is 0. The molecule has 4 rings (SSSR count). The summed E-state index contributed by atoms with van der Waals surface area (Å²) in [5.74, 6) is -2.29. The molecule has 1 aromatic carbocycles. The molecule has 0 saturated carbocycles. The number of carbonyl (C=O) groups is 3. The standard InChI is InChI=1S/C20H17FN2O4S/c21-13-7-5-12(6-8-13)18-22-14(11-28-18)10-27-17(24)9-23-19(25)15-3-1-2-4-16(15)20(23)26/h1-2,5-8,11,15-16H,3-4,9-10H2. The Bertz CT molecular complexity index is 927.